The number of benzene rings is 2. The molecule has 28 heavy (non-hydrogen) atoms. The predicted octanol–water partition coefficient (Wildman–Crippen LogP) is 3.86. The zero-order chi connectivity index (χ0) is 19.3. The number of halogens is 1. The van der Waals surface area contributed by atoms with Gasteiger partial charge in [0.2, 0.25) is 5.95 Å². The van der Waals surface area contributed by atoms with Crippen LogP contribution in [0.2, 0.25) is 0 Å². The summed E-state index contributed by atoms with van der Waals surface area (Å²) in [4.78, 5) is 13.6. The van der Waals surface area contributed by atoms with Crippen molar-refractivity contribution in [3.63, 3.8) is 0 Å². The van der Waals surface area contributed by atoms with Gasteiger partial charge in [0.15, 0.2) is 0 Å². The number of hydrogen-bond acceptors (Lipinski definition) is 5. The van der Waals surface area contributed by atoms with Gasteiger partial charge in [-0.15, -0.1) is 0 Å². The van der Waals surface area contributed by atoms with Crippen LogP contribution in [-0.4, -0.2) is 36.1 Å². The topological polar surface area (TPSA) is 44.3 Å². The third-order valence-corrected chi connectivity index (χ3v) is 4.91. The number of anilines is 3. The lowest BCUT2D eigenvalue weighted by atomic mass is 10.2. The highest BCUT2D eigenvalue weighted by Gasteiger charge is 2.21. The maximum absolute atomic E-state index is 14.0. The molecule has 0 spiro atoms. The van der Waals surface area contributed by atoms with Crippen molar-refractivity contribution in [3.8, 4) is 0 Å². The Kier molecular flexibility index (Phi) is 5.37. The summed E-state index contributed by atoms with van der Waals surface area (Å²) in [6.45, 7) is 5.70. The van der Waals surface area contributed by atoms with Crippen LogP contribution in [0.15, 0.2) is 60.7 Å². The van der Waals surface area contributed by atoms with Crippen molar-refractivity contribution in [2.75, 3.05) is 41.3 Å². The van der Waals surface area contributed by atoms with E-state index in [2.05, 4.69) is 32.2 Å². The average molecular weight is 377 g/mol. The summed E-state index contributed by atoms with van der Waals surface area (Å²) in [5, 5.41) is 3.39. The smallest absolute Gasteiger partial charge is 0.227 e. The molecule has 144 valence electrons. The molecule has 1 aliphatic rings. The molecule has 5 nitrogen and oxygen atoms in total. The third kappa shape index (κ3) is 4.22. The summed E-state index contributed by atoms with van der Waals surface area (Å²) < 4.78 is 14.0. The quantitative estimate of drug-likeness (QED) is 0.731. The second kappa shape index (κ2) is 8.25. The fourth-order valence-electron chi connectivity index (χ4n) is 3.43. The van der Waals surface area contributed by atoms with Crippen LogP contribution in [0.4, 0.5) is 21.8 Å². The van der Waals surface area contributed by atoms with E-state index in [1.54, 1.807) is 6.07 Å². The van der Waals surface area contributed by atoms with Gasteiger partial charge in [0, 0.05) is 44.5 Å². The Morgan fingerprint density at radius 3 is 2.32 bits per heavy atom. The molecule has 6 heteroatoms. The van der Waals surface area contributed by atoms with Crippen LogP contribution in [0.3, 0.4) is 0 Å². The molecule has 1 aliphatic heterocycles. The predicted molar refractivity (Wildman–Crippen MR) is 111 cm³/mol. The minimum atomic E-state index is -0.171. The van der Waals surface area contributed by atoms with Gasteiger partial charge < -0.3 is 15.1 Å². The largest absolute Gasteiger partial charge is 0.366 e. The maximum Gasteiger partial charge on any atom is 0.227 e. The van der Waals surface area contributed by atoms with Gasteiger partial charge in [-0.2, -0.15) is 4.98 Å². The molecule has 3 aromatic rings. The van der Waals surface area contributed by atoms with Crippen molar-refractivity contribution in [1.82, 2.24) is 9.97 Å². The number of rotatable bonds is 5. The standard InChI is InChI=1S/C22H24FN5/c1-17-15-21(24-16-18-7-3-2-4-8-18)26-22(25-17)28-13-11-27(12-14-28)20-10-6-5-9-19(20)23/h2-10,15H,11-14,16H2,1H3,(H,24,25,26). The van der Waals surface area contributed by atoms with Gasteiger partial charge in [0.25, 0.3) is 0 Å². The molecule has 0 atom stereocenters. The highest BCUT2D eigenvalue weighted by atomic mass is 19.1. The zero-order valence-corrected chi connectivity index (χ0v) is 16.0. The highest BCUT2D eigenvalue weighted by molar-refractivity contribution is 5.50. The number of aromatic nitrogens is 2. The lowest BCUT2D eigenvalue weighted by Gasteiger charge is -2.36. The molecule has 0 unspecified atom stereocenters. The van der Waals surface area contributed by atoms with Crippen LogP contribution in [0, 0.1) is 12.7 Å². The second-order valence-corrected chi connectivity index (χ2v) is 6.96. The molecule has 2 aromatic carbocycles. The highest BCUT2D eigenvalue weighted by Crippen LogP contribution is 2.22. The summed E-state index contributed by atoms with van der Waals surface area (Å²) >= 11 is 0. The Morgan fingerprint density at radius 1 is 0.893 bits per heavy atom. The fourth-order valence-corrected chi connectivity index (χ4v) is 3.43. The molecule has 2 heterocycles. The minimum Gasteiger partial charge on any atom is -0.366 e. The summed E-state index contributed by atoms with van der Waals surface area (Å²) in [5.74, 6) is 1.38. The Morgan fingerprint density at radius 2 is 1.57 bits per heavy atom. The van der Waals surface area contributed by atoms with Crippen molar-refractivity contribution in [2.24, 2.45) is 0 Å². The second-order valence-electron chi connectivity index (χ2n) is 6.96. The van der Waals surface area contributed by atoms with Gasteiger partial charge in [-0.05, 0) is 24.6 Å². The van der Waals surface area contributed by atoms with Crippen LogP contribution >= 0.6 is 0 Å². The van der Waals surface area contributed by atoms with Gasteiger partial charge in [-0.25, -0.2) is 9.37 Å². The van der Waals surface area contributed by atoms with Gasteiger partial charge in [0.05, 0.1) is 5.69 Å². The number of aryl methyl sites for hydroxylation is 1. The first-order valence-corrected chi connectivity index (χ1v) is 9.57. The van der Waals surface area contributed by atoms with E-state index in [4.69, 9.17) is 4.98 Å². The molecule has 1 fully saturated rings. The Labute approximate surface area is 164 Å². The summed E-state index contributed by atoms with van der Waals surface area (Å²) in [6.07, 6.45) is 0. The van der Waals surface area contributed by atoms with Gasteiger partial charge in [-0.1, -0.05) is 42.5 Å². The number of nitrogens with one attached hydrogen (secondary N) is 1. The van der Waals surface area contributed by atoms with Gasteiger partial charge in [0.1, 0.15) is 11.6 Å². The summed E-state index contributed by atoms with van der Waals surface area (Å²) in [6, 6.07) is 19.1. The van der Waals surface area contributed by atoms with Crippen molar-refractivity contribution < 1.29 is 4.39 Å². The van der Waals surface area contributed by atoms with E-state index >= 15 is 0 Å². The van der Waals surface area contributed by atoms with Gasteiger partial charge in [-0.3, -0.25) is 0 Å². The molecule has 0 radical (unpaired) electrons. The molecule has 0 saturated carbocycles. The Bertz CT molecular complexity index is 923. The zero-order valence-electron chi connectivity index (χ0n) is 16.0. The van der Waals surface area contributed by atoms with E-state index in [0.29, 0.717) is 5.69 Å². The molecule has 1 aromatic heterocycles. The van der Waals surface area contributed by atoms with Crippen LogP contribution in [-0.2, 0) is 6.54 Å². The normalized spacial score (nSPS) is 14.2. The molecular formula is C22H24FN5. The monoisotopic (exact) mass is 377 g/mol. The SMILES string of the molecule is Cc1cc(NCc2ccccc2)nc(N2CCN(c3ccccc3F)CC2)n1. The molecule has 1 N–H and O–H groups in total. The average Bonchev–Trinajstić information content (AvgIpc) is 2.73. The number of nitrogens with zero attached hydrogens (tertiary/aromatic N) is 4. The first-order valence-electron chi connectivity index (χ1n) is 9.57. The first-order chi connectivity index (χ1) is 13.7. The molecule has 4 rings (SSSR count). The molecule has 1 saturated heterocycles. The van der Waals surface area contributed by atoms with Crippen LogP contribution < -0.4 is 15.1 Å². The molecule has 0 bridgehead atoms. The van der Waals surface area contributed by atoms with Crippen molar-refractivity contribution >= 4 is 17.5 Å². The van der Waals surface area contributed by atoms with Crippen molar-refractivity contribution in [2.45, 2.75) is 13.5 Å². The minimum absolute atomic E-state index is 0.171. The summed E-state index contributed by atoms with van der Waals surface area (Å²) in [7, 11) is 0. The van der Waals surface area contributed by atoms with Crippen LogP contribution in [0.5, 0.6) is 0 Å². The van der Waals surface area contributed by atoms with E-state index in [0.717, 1.165) is 50.2 Å². The van der Waals surface area contributed by atoms with E-state index < -0.39 is 0 Å². The fraction of sp³-hybridized carbons (Fsp3) is 0.273. The van der Waals surface area contributed by atoms with E-state index in [1.165, 1.54) is 11.6 Å². The van der Waals surface area contributed by atoms with Crippen molar-refractivity contribution in [3.05, 3.63) is 77.7 Å². The molecular weight excluding hydrogens is 353 g/mol. The third-order valence-electron chi connectivity index (χ3n) is 4.91. The Balaban J connectivity index is 1.42. The lowest BCUT2D eigenvalue weighted by molar-refractivity contribution is 0.594. The number of piperazine rings is 1. The molecule has 0 aliphatic carbocycles. The number of para-hydroxylation sites is 1. The van der Waals surface area contributed by atoms with E-state index in [1.807, 2.05) is 43.3 Å². The Hall–Kier alpha value is -3.15. The van der Waals surface area contributed by atoms with Crippen LogP contribution in [0.25, 0.3) is 0 Å². The molecule has 0 amide bonds. The lowest BCUT2D eigenvalue weighted by Crippen LogP contribution is -2.47. The first kappa shape index (κ1) is 18.2. The van der Waals surface area contributed by atoms with E-state index in [-0.39, 0.29) is 5.82 Å². The number of hydrogen-bond donors (Lipinski definition) is 1. The van der Waals surface area contributed by atoms with E-state index in [9.17, 15) is 4.39 Å². The van der Waals surface area contributed by atoms with Crippen LogP contribution in [0.1, 0.15) is 11.3 Å². The maximum atomic E-state index is 14.0. The van der Waals surface area contributed by atoms with Crippen molar-refractivity contribution in [1.29, 1.82) is 0 Å². The van der Waals surface area contributed by atoms with Gasteiger partial charge >= 0.3 is 0 Å². The summed E-state index contributed by atoms with van der Waals surface area (Å²) in [5.41, 5.74) is 2.80.